The molecule has 0 spiro atoms. The molecule has 1 aliphatic heterocycles. The number of nitrogens with one attached hydrogen (secondary N) is 2. The van der Waals surface area contributed by atoms with E-state index in [1.807, 2.05) is 13.1 Å². The zero-order chi connectivity index (χ0) is 28.0. The van der Waals surface area contributed by atoms with Crippen LogP contribution in [0.2, 0.25) is 15.1 Å². The second-order valence-corrected chi connectivity index (χ2v) is 11.1. The Morgan fingerprint density at radius 3 is 2.73 bits per heavy atom. The van der Waals surface area contributed by atoms with Crippen molar-refractivity contribution >= 4 is 74.1 Å². The minimum atomic E-state index is -0.746. The van der Waals surface area contributed by atoms with Crippen molar-refractivity contribution in [2.75, 3.05) is 23.8 Å². The summed E-state index contributed by atoms with van der Waals surface area (Å²) in [6.45, 7) is 3.10. The largest absolute Gasteiger partial charge is 0.377 e. The summed E-state index contributed by atoms with van der Waals surface area (Å²) in [7, 11) is 0. The Labute approximate surface area is 246 Å². The average Bonchev–Trinajstić information content (AvgIpc) is 3.56. The highest BCUT2D eigenvalue weighted by Gasteiger charge is 2.27. The Bertz CT molecular complexity index is 1800. The zero-order valence-electron chi connectivity index (χ0n) is 20.6. The van der Waals surface area contributed by atoms with Crippen molar-refractivity contribution in [3.05, 3.63) is 84.9 Å². The molecule has 4 heterocycles. The van der Waals surface area contributed by atoms with E-state index in [-0.39, 0.29) is 27.3 Å². The third-order valence-electron chi connectivity index (χ3n) is 6.51. The van der Waals surface area contributed by atoms with Crippen molar-refractivity contribution in [3.8, 4) is 6.07 Å². The SMILES string of the molecule is Cc1ncsc1C(Nc1cc(Cl)c2ncc(C#N)c(Nc3ccc(Cl)c(Cl)c3F)c2c1)c1cn(C2COC2)nn1. The molecule has 14 heteroatoms. The molecular weight excluding hydrogens is 598 g/mol. The Morgan fingerprint density at radius 1 is 1.20 bits per heavy atom. The van der Waals surface area contributed by atoms with Gasteiger partial charge in [0.1, 0.15) is 23.8 Å². The lowest BCUT2D eigenvalue weighted by molar-refractivity contribution is -0.0293. The number of fused-ring (bicyclic) bond motifs is 1. The molecule has 2 N–H and O–H groups in total. The van der Waals surface area contributed by atoms with E-state index in [0.29, 0.717) is 46.2 Å². The fourth-order valence-electron chi connectivity index (χ4n) is 4.33. The first-order chi connectivity index (χ1) is 19.3. The molecule has 1 saturated heterocycles. The second-order valence-electron chi connectivity index (χ2n) is 9.05. The minimum Gasteiger partial charge on any atom is -0.377 e. The van der Waals surface area contributed by atoms with E-state index in [0.717, 1.165) is 10.6 Å². The normalized spacial score (nSPS) is 14.1. The topological polar surface area (TPSA) is 114 Å². The monoisotopic (exact) mass is 614 g/mol. The molecule has 3 aromatic heterocycles. The van der Waals surface area contributed by atoms with Gasteiger partial charge in [-0.15, -0.1) is 16.4 Å². The summed E-state index contributed by atoms with van der Waals surface area (Å²) in [5.41, 5.74) is 4.90. The number of anilines is 3. The highest BCUT2D eigenvalue weighted by Crippen LogP contribution is 2.39. The molecule has 40 heavy (non-hydrogen) atoms. The highest BCUT2D eigenvalue weighted by atomic mass is 35.5. The van der Waals surface area contributed by atoms with Gasteiger partial charge in [-0.3, -0.25) is 4.98 Å². The Kier molecular flexibility index (Phi) is 7.20. The zero-order valence-corrected chi connectivity index (χ0v) is 23.7. The molecule has 0 amide bonds. The maximum absolute atomic E-state index is 14.9. The number of aromatic nitrogens is 5. The first-order valence-electron chi connectivity index (χ1n) is 11.9. The number of thiazole rings is 1. The molecule has 6 rings (SSSR count). The van der Waals surface area contributed by atoms with Crippen LogP contribution in [0.1, 0.15) is 33.9 Å². The molecule has 1 aliphatic rings. The molecule has 2 aromatic carbocycles. The van der Waals surface area contributed by atoms with Gasteiger partial charge in [0.05, 0.1) is 73.0 Å². The molecule has 9 nitrogen and oxygen atoms in total. The van der Waals surface area contributed by atoms with E-state index in [4.69, 9.17) is 39.5 Å². The van der Waals surface area contributed by atoms with Crippen LogP contribution < -0.4 is 10.6 Å². The Morgan fingerprint density at radius 2 is 2.02 bits per heavy atom. The van der Waals surface area contributed by atoms with E-state index < -0.39 is 11.9 Å². The van der Waals surface area contributed by atoms with Crippen molar-refractivity contribution in [3.63, 3.8) is 0 Å². The summed E-state index contributed by atoms with van der Waals surface area (Å²) in [6.07, 6.45) is 3.27. The maximum atomic E-state index is 14.9. The van der Waals surface area contributed by atoms with E-state index in [2.05, 4.69) is 37.0 Å². The number of pyridine rings is 1. The number of nitrogens with zero attached hydrogens (tertiary/aromatic N) is 6. The third-order valence-corrected chi connectivity index (χ3v) is 8.58. The van der Waals surface area contributed by atoms with Crippen LogP contribution >= 0.6 is 46.1 Å². The van der Waals surface area contributed by atoms with Crippen molar-refractivity contribution in [2.24, 2.45) is 0 Å². The second kappa shape index (κ2) is 10.8. The van der Waals surface area contributed by atoms with Crippen LogP contribution in [0.4, 0.5) is 21.5 Å². The highest BCUT2D eigenvalue weighted by molar-refractivity contribution is 7.09. The molecular formula is C26H18Cl3FN8OS. The van der Waals surface area contributed by atoms with Gasteiger partial charge in [-0.05, 0) is 31.2 Å². The van der Waals surface area contributed by atoms with Crippen molar-refractivity contribution in [2.45, 2.75) is 19.0 Å². The van der Waals surface area contributed by atoms with Crippen molar-refractivity contribution in [1.82, 2.24) is 25.0 Å². The van der Waals surface area contributed by atoms with Gasteiger partial charge in [-0.2, -0.15) is 5.26 Å². The van der Waals surface area contributed by atoms with E-state index in [1.54, 1.807) is 22.3 Å². The lowest BCUT2D eigenvalue weighted by Crippen LogP contribution is -2.31. The van der Waals surface area contributed by atoms with Crippen LogP contribution in [0.15, 0.2) is 42.2 Å². The van der Waals surface area contributed by atoms with Gasteiger partial charge in [0, 0.05) is 17.3 Å². The number of hydrogen-bond donors (Lipinski definition) is 2. The minimum absolute atomic E-state index is 0.0441. The molecule has 202 valence electrons. The number of aryl methyl sites for hydroxylation is 1. The summed E-state index contributed by atoms with van der Waals surface area (Å²) in [5, 5.41) is 25.7. The van der Waals surface area contributed by atoms with E-state index >= 15 is 0 Å². The predicted molar refractivity (Wildman–Crippen MR) is 153 cm³/mol. The number of hydrogen-bond acceptors (Lipinski definition) is 9. The molecule has 1 unspecified atom stereocenters. The van der Waals surface area contributed by atoms with Gasteiger partial charge < -0.3 is 15.4 Å². The van der Waals surface area contributed by atoms with E-state index in [9.17, 15) is 9.65 Å². The van der Waals surface area contributed by atoms with Crippen molar-refractivity contribution < 1.29 is 9.13 Å². The number of halogens is 4. The molecule has 0 bridgehead atoms. The van der Waals surface area contributed by atoms with Crippen LogP contribution in [0.5, 0.6) is 0 Å². The number of benzene rings is 2. The third kappa shape index (κ3) is 4.82. The average molecular weight is 616 g/mol. The standard InChI is InChI=1S/C26H18Cl3FN8OS/c1-12-26(40-11-33-12)25(20-8-38(37-36-20)15-9-39-10-15)34-14-4-16-23(13(6-31)7-32-24(16)18(28)5-14)35-19-3-2-17(27)21(29)22(19)30/h2-5,7-8,11,15,25,34H,9-10H2,1H3,(H,32,35). The fourth-order valence-corrected chi connectivity index (χ4v) is 5.77. The Balaban J connectivity index is 1.44. The summed E-state index contributed by atoms with van der Waals surface area (Å²) in [5.74, 6) is -0.746. The van der Waals surface area contributed by atoms with Gasteiger partial charge >= 0.3 is 0 Å². The van der Waals surface area contributed by atoms with E-state index in [1.165, 1.54) is 29.7 Å². The fraction of sp³-hybridized carbons (Fsp3) is 0.192. The Hall–Kier alpha value is -3.53. The summed E-state index contributed by atoms with van der Waals surface area (Å²) < 4.78 is 22.0. The van der Waals surface area contributed by atoms with Crippen LogP contribution in [0.25, 0.3) is 10.9 Å². The van der Waals surface area contributed by atoms with Crippen LogP contribution in [0.3, 0.4) is 0 Å². The van der Waals surface area contributed by atoms with Crippen molar-refractivity contribution in [1.29, 1.82) is 5.26 Å². The lowest BCUT2D eigenvalue weighted by Gasteiger charge is -2.25. The quantitative estimate of drug-likeness (QED) is 0.187. The smallest absolute Gasteiger partial charge is 0.166 e. The number of rotatable bonds is 7. The van der Waals surface area contributed by atoms with Crippen LogP contribution in [-0.2, 0) is 4.74 Å². The van der Waals surface area contributed by atoms with Crippen LogP contribution in [-0.4, -0.2) is 38.2 Å². The van der Waals surface area contributed by atoms with Gasteiger partial charge in [0.2, 0.25) is 0 Å². The summed E-state index contributed by atoms with van der Waals surface area (Å²) >= 11 is 20.2. The molecule has 0 aliphatic carbocycles. The predicted octanol–water partition coefficient (Wildman–Crippen LogP) is 7.08. The van der Waals surface area contributed by atoms with Gasteiger partial charge in [0.25, 0.3) is 0 Å². The van der Waals surface area contributed by atoms with Crippen LogP contribution in [0, 0.1) is 24.1 Å². The molecule has 1 fully saturated rings. The number of nitriles is 1. The molecule has 5 aromatic rings. The van der Waals surface area contributed by atoms with Gasteiger partial charge in [-0.1, -0.05) is 40.0 Å². The number of ether oxygens (including phenoxy) is 1. The lowest BCUT2D eigenvalue weighted by atomic mass is 10.1. The first kappa shape index (κ1) is 26.7. The molecule has 1 atom stereocenters. The summed E-state index contributed by atoms with van der Waals surface area (Å²) in [4.78, 5) is 9.74. The maximum Gasteiger partial charge on any atom is 0.166 e. The first-order valence-corrected chi connectivity index (χ1v) is 13.9. The molecule has 0 radical (unpaired) electrons. The van der Waals surface area contributed by atoms with Gasteiger partial charge in [0.15, 0.2) is 5.82 Å². The summed E-state index contributed by atoms with van der Waals surface area (Å²) in [6, 6.07) is 8.29. The molecule has 0 saturated carbocycles. The van der Waals surface area contributed by atoms with Gasteiger partial charge in [-0.25, -0.2) is 14.1 Å².